The first-order valence-electron chi connectivity index (χ1n) is 10.1. The molecule has 4 rings (SSSR count). The van der Waals surface area contributed by atoms with Gasteiger partial charge in [0.25, 0.3) is 5.56 Å². The number of fused-ring (bicyclic) bond motifs is 1. The third kappa shape index (κ3) is 4.47. The van der Waals surface area contributed by atoms with E-state index in [4.69, 9.17) is 9.47 Å². The number of carbonyl (C=O) groups excluding carboxylic acids is 1. The number of nitrogens with one attached hydrogen (secondary N) is 2. The van der Waals surface area contributed by atoms with E-state index in [1.54, 1.807) is 31.4 Å². The highest BCUT2D eigenvalue weighted by molar-refractivity contribution is 7.98. The van der Waals surface area contributed by atoms with Gasteiger partial charge in [-0.1, -0.05) is 36.0 Å². The number of aromatic nitrogens is 2. The standard InChI is InChI=1S/C23H22FN3O4S/c1-3-31-20-15(5-4-6-17(20)30-2)16-11-18(28)25-21-19(16)22(29)27-23(26-21)32-12-13-7-9-14(24)10-8-13/h4-10,16H,3,11-12H2,1-2H3,(H2,25,26,27,28,29)/t16-/m0/s1. The van der Waals surface area contributed by atoms with E-state index in [-0.39, 0.29) is 29.5 Å². The number of carbonyl (C=O) groups is 1. The number of hydrogen-bond donors (Lipinski definition) is 2. The summed E-state index contributed by atoms with van der Waals surface area (Å²) in [5.41, 5.74) is 1.63. The predicted molar refractivity (Wildman–Crippen MR) is 120 cm³/mol. The Kier molecular flexibility index (Phi) is 6.45. The van der Waals surface area contributed by atoms with Crippen LogP contribution < -0.4 is 20.3 Å². The summed E-state index contributed by atoms with van der Waals surface area (Å²) in [6.07, 6.45) is 0.0903. The smallest absolute Gasteiger partial charge is 0.257 e. The van der Waals surface area contributed by atoms with Crippen LogP contribution in [0.3, 0.4) is 0 Å². The number of anilines is 1. The average molecular weight is 456 g/mol. The maximum Gasteiger partial charge on any atom is 0.257 e. The number of amides is 1. The Labute approximate surface area is 188 Å². The SMILES string of the molecule is CCOc1c(OC)cccc1[C@@H]1CC(=O)Nc2nc(SCc3ccc(F)cc3)[nH]c(=O)c21. The van der Waals surface area contributed by atoms with Crippen LogP contribution in [-0.4, -0.2) is 29.6 Å². The summed E-state index contributed by atoms with van der Waals surface area (Å²) in [6.45, 7) is 2.27. The molecule has 0 spiro atoms. The normalized spacial score (nSPS) is 15.1. The Hall–Kier alpha value is -3.33. The number of rotatable bonds is 7. The van der Waals surface area contributed by atoms with Crippen LogP contribution in [0.1, 0.15) is 36.0 Å². The fraction of sp³-hybridized carbons (Fsp3) is 0.261. The van der Waals surface area contributed by atoms with Gasteiger partial charge >= 0.3 is 0 Å². The van der Waals surface area contributed by atoms with Gasteiger partial charge in [0, 0.05) is 23.7 Å². The number of aromatic amines is 1. The molecule has 2 aromatic carbocycles. The maximum absolute atomic E-state index is 13.1. The van der Waals surface area contributed by atoms with Crippen LogP contribution in [-0.2, 0) is 10.5 Å². The lowest BCUT2D eigenvalue weighted by molar-refractivity contribution is -0.116. The van der Waals surface area contributed by atoms with Crippen molar-refractivity contribution in [1.29, 1.82) is 0 Å². The van der Waals surface area contributed by atoms with Gasteiger partial charge in [-0.25, -0.2) is 9.37 Å². The highest BCUT2D eigenvalue weighted by Crippen LogP contribution is 2.42. The van der Waals surface area contributed by atoms with E-state index in [9.17, 15) is 14.0 Å². The van der Waals surface area contributed by atoms with Crippen molar-refractivity contribution in [2.75, 3.05) is 19.0 Å². The third-order valence-corrected chi connectivity index (χ3v) is 6.06. The Balaban J connectivity index is 1.70. The molecule has 3 aromatic rings. The molecule has 1 aliphatic rings. The molecular weight excluding hydrogens is 433 g/mol. The largest absolute Gasteiger partial charge is 0.493 e. The number of nitrogens with zero attached hydrogens (tertiary/aromatic N) is 1. The van der Waals surface area contributed by atoms with Crippen molar-refractivity contribution in [3.05, 3.63) is 75.3 Å². The zero-order chi connectivity index (χ0) is 22.7. The Morgan fingerprint density at radius 2 is 1.97 bits per heavy atom. The van der Waals surface area contributed by atoms with Crippen molar-refractivity contribution in [3.63, 3.8) is 0 Å². The third-order valence-electron chi connectivity index (χ3n) is 5.11. The number of methoxy groups -OCH3 is 1. The number of thioether (sulfide) groups is 1. The van der Waals surface area contributed by atoms with Gasteiger partial charge in [-0.2, -0.15) is 0 Å². The fourth-order valence-electron chi connectivity index (χ4n) is 3.68. The summed E-state index contributed by atoms with van der Waals surface area (Å²) in [4.78, 5) is 32.9. The summed E-state index contributed by atoms with van der Waals surface area (Å²) < 4.78 is 24.3. The lowest BCUT2D eigenvalue weighted by atomic mass is 9.86. The molecule has 1 amide bonds. The van der Waals surface area contributed by atoms with Gasteiger partial charge in [-0.3, -0.25) is 9.59 Å². The number of benzene rings is 2. The molecule has 1 atom stereocenters. The van der Waals surface area contributed by atoms with Gasteiger partial charge in [0.15, 0.2) is 16.7 Å². The summed E-state index contributed by atoms with van der Waals surface area (Å²) >= 11 is 1.30. The number of halogens is 1. The summed E-state index contributed by atoms with van der Waals surface area (Å²) in [7, 11) is 1.54. The van der Waals surface area contributed by atoms with E-state index in [1.807, 2.05) is 13.0 Å². The van der Waals surface area contributed by atoms with Gasteiger partial charge in [0.2, 0.25) is 5.91 Å². The summed E-state index contributed by atoms with van der Waals surface area (Å²) in [6, 6.07) is 11.5. The second-order valence-electron chi connectivity index (χ2n) is 7.17. The Bertz CT molecular complexity index is 1200. The molecule has 1 aliphatic heterocycles. The number of para-hydroxylation sites is 1. The number of ether oxygens (including phenoxy) is 2. The van der Waals surface area contributed by atoms with Gasteiger partial charge in [0.05, 0.1) is 19.3 Å². The first kappa shape index (κ1) is 21.9. The molecule has 0 saturated carbocycles. The second-order valence-corrected chi connectivity index (χ2v) is 8.13. The molecule has 1 aromatic heterocycles. The number of H-pyrrole nitrogens is 1. The van der Waals surface area contributed by atoms with E-state index in [0.29, 0.717) is 40.1 Å². The van der Waals surface area contributed by atoms with Crippen molar-refractivity contribution in [2.24, 2.45) is 0 Å². The molecule has 0 aliphatic carbocycles. The van der Waals surface area contributed by atoms with Crippen molar-refractivity contribution in [3.8, 4) is 11.5 Å². The number of hydrogen-bond acceptors (Lipinski definition) is 6. The van der Waals surface area contributed by atoms with Crippen molar-refractivity contribution < 1.29 is 18.7 Å². The maximum atomic E-state index is 13.1. The molecule has 0 saturated heterocycles. The van der Waals surface area contributed by atoms with E-state index >= 15 is 0 Å². The molecule has 2 N–H and O–H groups in total. The monoisotopic (exact) mass is 455 g/mol. The van der Waals surface area contributed by atoms with Crippen LogP contribution in [0.5, 0.6) is 11.5 Å². The minimum Gasteiger partial charge on any atom is -0.493 e. The molecule has 0 fully saturated rings. The minimum atomic E-state index is -0.525. The Morgan fingerprint density at radius 1 is 1.19 bits per heavy atom. The molecule has 0 radical (unpaired) electrons. The van der Waals surface area contributed by atoms with Crippen molar-refractivity contribution in [2.45, 2.75) is 30.2 Å². The van der Waals surface area contributed by atoms with Crippen LogP contribution >= 0.6 is 11.8 Å². The second kappa shape index (κ2) is 9.44. The van der Waals surface area contributed by atoms with Crippen LogP contribution in [0.15, 0.2) is 52.4 Å². The van der Waals surface area contributed by atoms with Crippen LogP contribution in [0, 0.1) is 5.82 Å². The van der Waals surface area contributed by atoms with E-state index in [1.165, 1.54) is 23.9 Å². The van der Waals surface area contributed by atoms with Crippen LogP contribution in [0.4, 0.5) is 10.2 Å². The summed E-state index contributed by atoms with van der Waals surface area (Å²) in [5.74, 6) is 0.705. The van der Waals surface area contributed by atoms with Gasteiger partial charge in [-0.15, -0.1) is 0 Å². The molecule has 166 valence electrons. The first-order valence-corrected chi connectivity index (χ1v) is 11.1. The van der Waals surface area contributed by atoms with E-state index in [2.05, 4.69) is 15.3 Å². The zero-order valence-electron chi connectivity index (χ0n) is 17.6. The highest BCUT2D eigenvalue weighted by Gasteiger charge is 2.33. The molecule has 0 unspecified atom stereocenters. The molecular formula is C23H22FN3O4S. The van der Waals surface area contributed by atoms with Crippen molar-refractivity contribution >= 4 is 23.5 Å². The Morgan fingerprint density at radius 3 is 2.69 bits per heavy atom. The molecule has 7 nitrogen and oxygen atoms in total. The van der Waals surface area contributed by atoms with Crippen molar-refractivity contribution in [1.82, 2.24) is 9.97 Å². The highest BCUT2D eigenvalue weighted by atomic mass is 32.2. The van der Waals surface area contributed by atoms with Gasteiger partial charge < -0.3 is 19.8 Å². The van der Waals surface area contributed by atoms with E-state index < -0.39 is 5.92 Å². The minimum absolute atomic E-state index is 0.0903. The molecule has 2 heterocycles. The van der Waals surface area contributed by atoms with Crippen LogP contribution in [0.25, 0.3) is 0 Å². The lowest BCUT2D eigenvalue weighted by Gasteiger charge is -2.26. The molecule has 9 heteroatoms. The predicted octanol–water partition coefficient (Wildman–Crippen LogP) is 4.08. The van der Waals surface area contributed by atoms with Gasteiger partial charge in [0.1, 0.15) is 11.6 Å². The zero-order valence-corrected chi connectivity index (χ0v) is 18.4. The fourth-order valence-corrected chi connectivity index (χ4v) is 4.50. The molecule has 32 heavy (non-hydrogen) atoms. The first-order chi connectivity index (χ1) is 15.5. The van der Waals surface area contributed by atoms with Gasteiger partial charge in [-0.05, 0) is 30.7 Å². The lowest BCUT2D eigenvalue weighted by Crippen LogP contribution is -2.31. The average Bonchev–Trinajstić information content (AvgIpc) is 2.78. The quantitative estimate of drug-likeness (QED) is 0.412. The summed E-state index contributed by atoms with van der Waals surface area (Å²) in [5, 5.41) is 3.09. The van der Waals surface area contributed by atoms with E-state index in [0.717, 1.165) is 5.56 Å². The molecule has 0 bridgehead atoms. The topological polar surface area (TPSA) is 93.3 Å². The van der Waals surface area contributed by atoms with Crippen LogP contribution in [0.2, 0.25) is 0 Å².